The van der Waals surface area contributed by atoms with E-state index in [9.17, 15) is 41.2 Å². The van der Waals surface area contributed by atoms with E-state index >= 15 is 0 Å². The molecule has 0 aliphatic heterocycles. The fourth-order valence-corrected chi connectivity index (χ4v) is 5.49. The predicted octanol–water partition coefficient (Wildman–Crippen LogP) is 3.97. The van der Waals surface area contributed by atoms with Crippen LogP contribution in [0.25, 0.3) is 22.3 Å². The third kappa shape index (κ3) is 6.13. The lowest BCUT2D eigenvalue weighted by atomic mass is 9.76. The van der Waals surface area contributed by atoms with Gasteiger partial charge < -0.3 is 24.3 Å². The Bertz CT molecular complexity index is 1670. The molecule has 220 valence electrons. The van der Waals surface area contributed by atoms with Crippen molar-refractivity contribution in [1.29, 1.82) is 0 Å². The molecule has 1 amide bonds. The molecule has 0 radical (unpaired) electrons. The molecule has 0 spiro atoms. The number of alkyl halides is 3. The highest BCUT2D eigenvalue weighted by Crippen LogP contribution is 2.45. The monoisotopic (exact) mass is 603 g/mol. The lowest BCUT2D eigenvalue weighted by molar-refractivity contribution is -0.136. The molecule has 0 bridgehead atoms. The normalized spacial score (nSPS) is 14.4. The summed E-state index contributed by atoms with van der Waals surface area (Å²) in [7, 11) is -0.897. The molecule has 8 nitrogen and oxygen atoms in total. The number of halogens is 4. The zero-order valence-electron chi connectivity index (χ0n) is 22.1. The molecule has 1 fully saturated rings. The molecule has 1 aliphatic rings. The van der Waals surface area contributed by atoms with Crippen molar-refractivity contribution in [2.75, 3.05) is 7.05 Å². The third-order valence-corrected chi connectivity index (χ3v) is 7.83. The number of amides is 1. The minimum Gasteiger partial charge on any atom is -0.760 e. The Morgan fingerprint density at radius 2 is 1.81 bits per heavy atom. The van der Waals surface area contributed by atoms with Gasteiger partial charge in [-0.2, -0.15) is 13.2 Å². The van der Waals surface area contributed by atoms with Crippen LogP contribution < -0.4 is 10.8 Å². The van der Waals surface area contributed by atoms with Gasteiger partial charge in [0.2, 0.25) is 0 Å². The molecule has 3 aromatic carbocycles. The van der Waals surface area contributed by atoms with E-state index in [0.29, 0.717) is 22.6 Å². The maximum absolute atomic E-state index is 13.6. The number of nitrogens with zero attached hydrogens (tertiary/aromatic N) is 1. The quantitative estimate of drug-likeness (QED) is 0.151. The first-order valence-corrected chi connectivity index (χ1v) is 13.9. The van der Waals surface area contributed by atoms with Gasteiger partial charge >= 0.3 is 13.3 Å². The molecule has 1 atom stereocenters. The maximum atomic E-state index is 13.6. The van der Waals surface area contributed by atoms with Crippen LogP contribution in [0.5, 0.6) is 0 Å². The highest BCUT2D eigenvalue weighted by atomic mass is 32.2. The van der Waals surface area contributed by atoms with Crippen LogP contribution in [0.3, 0.4) is 0 Å². The van der Waals surface area contributed by atoms with Crippen LogP contribution in [0.15, 0.2) is 59.0 Å². The molecule has 5 rings (SSSR count). The molecule has 1 heterocycles. The van der Waals surface area contributed by atoms with Gasteiger partial charge in [0.15, 0.2) is 0 Å². The van der Waals surface area contributed by atoms with Crippen molar-refractivity contribution in [3.05, 3.63) is 88.2 Å². The minimum absolute atomic E-state index is 0.0107. The summed E-state index contributed by atoms with van der Waals surface area (Å²) in [4.78, 5) is 12.9. The smallest absolute Gasteiger partial charge is 0.489 e. The van der Waals surface area contributed by atoms with Crippen LogP contribution in [0.2, 0.25) is 0 Å². The lowest BCUT2D eigenvalue weighted by Gasteiger charge is -2.26. The zero-order chi connectivity index (χ0) is 30.3. The first-order valence-electron chi connectivity index (χ1n) is 12.8. The largest absolute Gasteiger partial charge is 0.760 e. The summed E-state index contributed by atoms with van der Waals surface area (Å²) in [6, 6.07) is 11.6. The summed E-state index contributed by atoms with van der Waals surface area (Å²) >= 11 is -2.85. The molecule has 1 unspecified atom stereocenters. The molecule has 1 aliphatic carbocycles. The van der Waals surface area contributed by atoms with Crippen molar-refractivity contribution in [3.63, 3.8) is 0 Å². The van der Waals surface area contributed by atoms with Gasteiger partial charge in [-0.25, -0.2) is 8.70 Å². The van der Waals surface area contributed by atoms with E-state index in [1.165, 1.54) is 37.4 Å². The fourth-order valence-electron chi connectivity index (χ4n) is 5.00. The molecule has 1 aromatic heterocycles. The van der Waals surface area contributed by atoms with Crippen LogP contribution in [-0.2, 0) is 30.5 Å². The van der Waals surface area contributed by atoms with Crippen molar-refractivity contribution in [2.24, 2.45) is 0 Å². The molecular formula is C28H24BF4N2O6S-. The Balaban J connectivity index is 1.56. The van der Waals surface area contributed by atoms with Gasteiger partial charge in [0, 0.05) is 42.4 Å². The van der Waals surface area contributed by atoms with Crippen LogP contribution in [0, 0.1) is 5.82 Å². The van der Waals surface area contributed by atoms with E-state index in [1.54, 1.807) is 12.1 Å². The van der Waals surface area contributed by atoms with Gasteiger partial charge in [-0.3, -0.25) is 9.00 Å². The first kappa shape index (κ1) is 29.9. The molecule has 1 saturated carbocycles. The first-order chi connectivity index (χ1) is 19.9. The Hall–Kier alpha value is -3.56. The number of nitrogens with one attached hydrogen (secondary N) is 1. The van der Waals surface area contributed by atoms with E-state index < -0.39 is 53.9 Å². The summed E-state index contributed by atoms with van der Waals surface area (Å²) in [6.45, 7) is -0.628. The van der Waals surface area contributed by atoms with Crippen molar-refractivity contribution in [1.82, 2.24) is 9.62 Å². The van der Waals surface area contributed by atoms with Crippen molar-refractivity contribution in [2.45, 2.75) is 38.0 Å². The van der Waals surface area contributed by atoms with E-state index in [2.05, 4.69) is 5.32 Å². The topological polar surface area (TPSA) is 126 Å². The highest BCUT2D eigenvalue weighted by Gasteiger charge is 2.36. The van der Waals surface area contributed by atoms with E-state index in [1.807, 2.05) is 0 Å². The lowest BCUT2D eigenvalue weighted by Crippen LogP contribution is -2.36. The Morgan fingerprint density at radius 1 is 1.12 bits per heavy atom. The zero-order valence-corrected chi connectivity index (χ0v) is 22.9. The number of rotatable bonds is 9. The number of fused-ring (bicyclic) bond motifs is 1. The van der Waals surface area contributed by atoms with Gasteiger partial charge in [-0.05, 0) is 83.4 Å². The summed E-state index contributed by atoms with van der Waals surface area (Å²) < 4.78 is 85.8. The number of hydrogen-bond donors (Lipinski definition) is 3. The maximum Gasteiger partial charge on any atom is 0.489 e. The number of carbonyl (C=O) groups is 1. The molecular weight excluding hydrogens is 579 g/mol. The summed E-state index contributed by atoms with van der Waals surface area (Å²) in [5, 5.41) is 21.8. The number of furan rings is 1. The molecule has 0 saturated heterocycles. The summed E-state index contributed by atoms with van der Waals surface area (Å²) in [5.41, 5.74) is 0.275. The molecule has 42 heavy (non-hydrogen) atoms. The Morgan fingerprint density at radius 3 is 2.38 bits per heavy atom. The molecule has 4 aromatic rings. The average molecular weight is 603 g/mol. The van der Waals surface area contributed by atoms with E-state index in [-0.39, 0.29) is 34.9 Å². The van der Waals surface area contributed by atoms with Gasteiger partial charge in [0.05, 0.1) is 11.1 Å². The highest BCUT2D eigenvalue weighted by molar-refractivity contribution is 7.76. The van der Waals surface area contributed by atoms with Gasteiger partial charge in [0.1, 0.15) is 17.2 Å². The predicted molar refractivity (Wildman–Crippen MR) is 146 cm³/mol. The van der Waals surface area contributed by atoms with E-state index in [0.717, 1.165) is 28.8 Å². The summed E-state index contributed by atoms with van der Waals surface area (Å²) in [6.07, 6.45) is -3.24. The SMILES string of the molecule is CNC(=O)c1c(-c2ccc(F)cc2)oc2cc(CN(Cc3ccc(B(O)O)c(C(F)(F)F)c3)S(=O)[O-])c(C3CC3)cc12. The minimum atomic E-state index is -4.90. The number of carbonyl (C=O) groups excluding carboxylic acids is 1. The standard InChI is InChI=1S/C28H25BF4N2O6S/c1-34-27(36)25-21-12-20(16-3-4-16)18(11-24(21)41-26(25)17-5-7-19(30)8-6-17)14-35(42(39)40)13-15-2-9-23(29(37)38)22(10-15)28(31,32)33/h2,5-12,16,37-38H,3-4,13-14H2,1H3,(H,34,36)(H,39,40)/p-1. The molecule has 3 N–H and O–H groups in total. The number of benzene rings is 3. The van der Waals surface area contributed by atoms with Crippen LogP contribution in [0.1, 0.15) is 51.4 Å². The summed E-state index contributed by atoms with van der Waals surface area (Å²) in [5.74, 6) is -0.597. The Labute approximate surface area is 240 Å². The van der Waals surface area contributed by atoms with Gasteiger partial charge in [0.25, 0.3) is 5.91 Å². The van der Waals surface area contributed by atoms with Gasteiger partial charge in [-0.1, -0.05) is 12.1 Å². The fraction of sp³-hybridized carbons (Fsp3) is 0.250. The Kier molecular flexibility index (Phi) is 8.27. The van der Waals surface area contributed by atoms with Crippen LogP contribution >= 0.6 is 0 Å². The molecule has 14 heteroatoms. The second kappa shape index (κ2) is 11.6. The second-order valence-corrected chi connectivity index (χ2v) is 11.0. The van der Waals surface area contributed by atoms with Crippen molar-refractivity contribution < 1.29 is 45.6 Å². The van der Waals surface area contributed by atoms with Crippen LogP contribution in [-0.4, -0.2) is 43.2 Å². The third-order valence-electron chi connectivity index (χ3n) is 7.15. The average Bonchev–Trinajstić information content (AvgIpc) is 3.72. The number of hydrogen-bond acceptors (Lipinski definition) is 6. The van der Waals surface area contributed by atoms with Gasteiger partial charge in [-0.15, -0.1) is 0 Å². The van der Waals surface area contributed by atoms with Crippen LogP contribution in [0.4, 0.5) is 17.6 Å². The van der Waals surface area contributed by atoms with Crippen molar-refractivity contribution in [3.8, 4) is 11.3 Å². The second-order valence-electron chi connectivity index (χ2n) is 10.0. The van der Waals surface area contributed by atoms with E-state index in [4.69, 9.17) is 4.42 Å². The van der Waals surface area contributed by atoms with Crippen molar-refractivity contribution >= 4 is 40.7 Å².